The van der Waals surface area contributed by atoms with E-state index >= 15 is 0 Å². The minimum absolute atomic E-state index is 0.684. The minimum Gasteiger partial charge on any atom is -0.313 e. The highest BCUT2D eigenvalue weighted by Crippen LogP contribution is 2.14. The van der Waals surface area contributed by atoms with Gasteiger partial charge in [0.05, 0.1) is 0 Å². The summed E-state index contributed by atoms with van der Waals surface area (Å²) >= 11 is 5.95. The van der Waals surface area contributed by atoms with Crippen molar-refractivity contribution in [1.29, 1.82) is 0 Å². The molecule has 1 aromatic rings. The fourth-order valence-electron chi connectivity index (χ4n) is 2.69. The average Bonchev–Trinajstić information content (AvgIpc) is 2.91. The number of nitrogens with zero attached hydrogens (tertiary/aromatic N) is 1. The lowest BCUT2D eigenvalue weighted by Gasteiger charge is -2.25. The molecule has 0 radical (unpaired) electrons. The predicted octanol–water partition coefficient (Wildman–Crippen LogP) is 3.69. The van der Waals surface area contributed by atoms with E-state index in [0.29, 0.717) is 6.04 Å². The maximum absolute atomic E-state index is 5.95. The van der Waals surface area contributed by atoms with Gasteiger partial charge in [0.25, 0.3) is 0 Å². The molecule has 0 saturated carbocycles. The first-order valence-corrected chi connectivity index (χ1v) is 7.86. The molecular weight excluding hydrogens is 256 g/mol. The molecule has 106 valence electrons. The second kappa shape index (κ2) is 7.88. The normalized spacial score (nSPS) is 19.2. The molecule has 1 atom stereocenters. The molecule has 1 aliphatic rings. The summed E-state index contributed by atoms with van der Waals surface area (Å²) in [6.07, 6.45) is 5.19. The lowest BCUT2D eigenvalue weighted by atomic mass is 10.1. The fraction of sp³-hybridized carbons (Fsp3) is 0.625. The van der Waals surface area contributed by atoms with Crippen LogP contribution in [-0.2, 0) is 6.54 Å². The van der Waals surface area contributed by atoms with Crippen LogP contribution in [0.2, 0.25) is 5.02 Å². The summed E-state index contributed by atoms with van der Waals surface area (Å²) in [4.78, 5) is 2.58. The van der Waals surface area contributed by atoms with Crippen molar-refractivity contribution in [1.82, 2.24) is 10.2 Å². The zero-order chi connectivity index (χ0) is 13.5. The summed E-state index contributed by atoms with van der Waals surface area (Å²) in [5.41, 5.74) is 1.36. The molecule has 2 rings (SSSR count). The molecule has 1 fully saturated rings. The molecule has 2 nitrogen and oxygen atoms in total. The molecule has 0 aromatic heterocycles. The first-order chi connectivity index (χ1) is 9.28. The van der Waals surface area contributed by atoms with Crippen molar-refractivity contribution in [3.8, 4) is 0 Å². The Morgan fingerprint density at radius 3 is 2.74 bits per heavy atom. The maximum atomic E-state index is 5.95. The smallest absolute Gasteiger partial charge is 0.0406 e. The summed E-state index contributed by atoms with van der Waals surface area (Å²) in [6.45, 7) is 6.84. The summed E-state index contributed by atoms with van der Waals surface area (Å²) in [6, 6.07) is 8.95. The van der Waals surface area contributed by atoms with Crippen molar-refractivity contribution >= 4 is 11.6 Å². The van der Waals surface area contributed by atoms with Gasteiger partial charge in [0.1, 0.15) is 0 Å². The van der Waals surface area contributed by atoms with Crippen LogP contribution in [-0.4, -0.2) is 30.6 Å². The van der Waals surface area contributed by atoms with Gasteiger partial charge in [0.2, 0.25) is 0 Å². The lowest BCUT2D eigenvalue weighted by Crippen LogP contribution is -2.37. The topological polar surface area (TPSA) is 15.3 Å². The summed E-state index contributed by atoms with van der Waals surface area (Å²) < 4.78 is 0. The predicted molar refractivity (Wildman–Crippen MR) is 82.7 cm³/mol. The maximum Gasteiger partial charge on any atom is 0.0406 e. The van der Waals surface area contributed by atoms with Gasteiger partial charge in [-0.25, -0.2) is 0 Å². The first-order valence-electron chi connectivity index (χ1n) is 7.48. The van der Waals surface area contributed by atoms with E-state index in [2.05, 4.69) is 29.3 Å². The standard InChI is InChI=1S/C16H25ClN2/c1-2-3-11-19(13-16-5-4-10-18-16)12-14-6-8-15(17)9-7-14/h6-9,16,18H,2-5,10-13H2,1H3. The van der Waals surface area contributed by atoms with Crippen molar-refractivity contribution in [2.45, 2.75) is 45.2 Å². The van der Waals surface area contributed by atoms with E-state index in [1.807, 2.05) is 12.1 Å². The number of unbranched alkanes of at least 4 members (excludes halogenated alkanes) is 1. The molecule has 0 aliphatic carbocycles. The van der Waals surface area contributed by atoms with Gasteiger partial charge in [0, 0.05) is 24.2 Å². The van der Waals surface area contributed by atoms with Crippen LogP contribution in [0.15, 0.2) is 24.3 Å². The Bertz CT molecular complexity index is 358. The molecule has 1 N–H and O–H groups in total. The Kier molecular flexibility index (Phi) is 6.15. The molecule has 0 spiro atoms. The van der Waals surface area contributed by atoms with Crippen LogP contribution in [0.3, 0.4) is 0 Å². The number of benzene rings is 1. The van der Waals surface area contributed by atoms with Gasteiger partial charge >= 0.3 is 0 Å². The van der Waals surface area contributed by atoms with E-state index in [-0.39, 0.29) is 0 Å². The lowest BCUT2D eigenvalue weighted by molar-refractivity contribution is 0.237. The Morgan fingerprint density at radius 1 is 1.32 bits per heavy atom. The molecule has 1 saturated heterocycles. The van der Waals surface area contributed by atoms with Crippen LogP contribution >= 0.6 is 11.6 Å². The van der Waals surface area contributed by atoms with Crippen molar-refractivity contribution in [3.05, 3.63) is 34.9 Å². The van der Waals surface area contributed by atoms with E-state index < -0.39 is 0 Å². The molecule has 3 heteroatoms. The van der Waals surface area contributed by atoms with Crippen molar-refractivity contribution in [2.75, 3.05) is 19.6 Å². The van der Waals surface area contributed by atoms with E-state index in [0.717, 1.165) is 11.6 Å². The highest BCUT2D eigenvalue weighted by molar-refractivity contribution is 6.30. The Balaban J connectivity index is 1.89. The molecule has 1 unspecified atom stereocenters. The van der Waals surface area contributed by atoms with Gasteiger partial charge in [0.15, 0.2) is 0 Å². The van der Waals surface area contributed by atoms with Crippen LogP contribution < -0.4 is 5.32 Å². The molecule has 0 amide bonds. The average molecular weight is 281 g/mol. The van der Waals surface area contributed by atoms with Gasteiger partial charge in [-0.2, -0.15) is 0 Å². The Labute approximate surface area is 122 Å². The van der Waals surface area contributed by atoms with Crippen molar-refractivity contribution < 1.29 is 0 Å². The number of hydrogen-bond acceptors (Lipinski definition) is 2. The van der Waals surface area contributed by atoms with E-state index in [1.165, 1.54) is 50.9 Å². The van der Waals surface area contributed by atoms with Crippen molar-refractivity contribution in [3.63, 3.8) is 0 Å². The first kappa shape index (κ1) is 14.8. The quantitative estimate of drug-likeness (QED) is 0.819. The Hall–Kier alpha value is -0.570. The SMILES string of the molecule is CCCCN(Cc1ccc(Cl)cc1)CC1CCCN1. The molecule has 0 bridgehead atoms. The summed E-state index contributed by atoms with van der Waals surface area (Å²) in [7, 11) is 0. The third-order valence-corrected chi connectivity index (χ3v) is 4.04. The van der Waals surface area contributed by atoms with Gasteiger partial charge in [-0.15, -0.1) is 0 Å². The molecule has 1 heterocycles. The fourth-order valence-corrected chi connectivity index (χ4v) is 2.81. The second-order valence-electron chi connectivity index (χ2n) is 5.51. The highest BCUT2D eigenvalue weighted by Gasteiger charge is 2.17. The monoisotopic (exact) mass is 280 g/mol. The molecule has 1 aliphatic heterocycles. The summed E-state index contributed by atoms with van der Waals surface area (Å²) in [5.74, 6) is 0. The van der Waals surface area contributed by atoms with Gasteiger partial charge < -0.3 is 5.32 Å². The zero-order valence-corrected chi connectivity index (χ0v) is 12.6. The van der Waals surface area contributed by atoms with Crippen LogP contribution in [0.5, 0.6) is 0 Å². The number of hydrogen-bond donors (Lipinski definition) is 1. The van der Waals surface area contributed by atoms with E-state index in [1.54, 1.807) is 0 Å². The van der Waals surface area contributed by atoms with Crippen molar-refractivity contribution in [2.24, 2.45) is 0 Å². The van der Waals surface area contributed by atoms with Crippen LogP contribution in [0, 0.1) is 0 Å². The molecular formula is C16H25ClN2. The third-order valence-electron chi connectivity index (χ3n) is 3.79. The second-order valence-corrected chi connectivity index (χ2v) is 5.94. The van der Waals surface area contributed by atoms with Gasteiger partial charge in [-0.05, 0) is 50.0 Å². The number of rotatable bonds is 7. The Morgan fingerprint density at radius 2 is 2.11 bits per heavy atom. The van der Waals surface area contributed by atoms with Crippen LogP contribution in [0.4, 0.5) is 0 Å². The van der Waals surface area contributed by atoms with Crippen LogP contribution in [0.25, 0.3) is 0 Å². The third kappa shape index (κ3) is 5.13. The summed E-state index contributed by atoms with van der Waals surface area (Å²) in [5, 5.41) is 4.42. The van der Waals surface area contributed by atoms with Gasteiger partial charge in [-0.3, -0.25) is 4.90 Å². The van der Waals surface area contributed by atoms with E-state index in [9.17, 15) is 0 Å². The van der Waals surface area contributed by atoms with Crippen LogP contribution in [0.1, 0.15) is 38.2 Å². The minimum atomic E-state index is 0.684. The highest BCUT2D eigenvalue weighted by atomic mass is 35.5. The van der Waals surface area contributed by atoms with E-state index in [4.69, 9.17) is 11.6 Å². The van der Waals surface area contributed by atoms with Gasteiger partial charge in [-0.1, -0.05) is 37.1 Å². The molecule has 1 aromatic carbocycles. The number of halogens is 1. The largest absolute Gasteiger partial charge is 0.313 e. The number of nitrogens with one attached hydrogen (secondary N) is 1. The molecule has 19 heavy (non-hydrogen) atoms. The zero-order valence-electron chi connectivity index (χ0n) is 11.9.